The van der Waals surface area contributed by atoms with Crippen molar-refractivity contribution in [3.8, 4) is 11.8 Å². The molecule has 0 amide bonds. The Morgan fingerprint density at radius 2 is 2.03 bits per heavy atom. The first-order valence-corrected chi connectivity index (χ1v) is 12.2. The van der Waals surface area contributed by atoms with E-state index in [-0.39, 0.29) is 25.1 Å². The van der Waals surface area contributed by atoms with Crippen molar-refractivity contribution in [3.63, 3.8) is 0 Å². The highest BCUT2D eigenvalue weighted by Gasteiger charge is 2.20. The van der Waals surface area contributed by atoms with Gasteiger partial charge in [-0.1, -0.05) is 37.6 Å². The quantitative estimate of drug-likeness (QED) is 0.175. The van der Waals surface area contributed by atoms with E-state index >= 15 is 0 Å². The summed E-state index contributed by atoms with van der Waals surface area (Å²) in [5.41, 5.74) is 10.9. The molecule has 0 unspecified atom stereocenters. The van der Waals surface area contributed by atoms with Gasteiger partial charge in [-0.2, -0.15) is 10.2 Å². The predicted molar refractivity (Wildman–Crippen MR) is 143 cm³/mol. The van der Waals surface area contributed by atoms with Crippen LogP contribution >= 0.6 is 0 Å². The molecule has 0 saturated heterocycles. The van der Waals surface area contributed by atoms with Crippen molar-refractivity contribution in [2.45, 2.75) is 45.3 Å². The highest BCUT2D eigenvalue weighted by atomic mass is 16.5. The maximum atomic E-state index is 9.59. The Morgan fingerprint density at radius 3 is 2.78 bits per heavy atom. The third-order valence-corrected chi connectivity index (χ3v) is 6.28. The molecule has 4 aromatic rings. The molecule has 0 aliphatic heterocycles. The van der Waals surface area contributed by atoms with Crippen molar-refractivity contribution in [3.05, 3.63) is 53.6 Å². The lowest BCUT2D eigenvalue weighted by Gasteiger charge is -2.20. The van der Waals surface area contributed by atoms with E-state index in [0.717, 1.165) is 51.7 Å². The summed E-state index contributed by atoms with van der Waals surface area (Å²) >= 11 is 0. The number of methoxy groups -OCH3 is 1. The maximum absolute atomic E-state index is 9.59. The number of aliphatic hydroxyl groups is 1. The van der Waals surface area contributed by atoms with E-state index in [9.17, 15) is 5.11 Å². The molecule has 2 aromatic carbocycles. The SMILES string of the molecule is CCC[C@@H](CCO)Nc1nc(N)nc2c3ccccc3n(Cc3cc(CNCC#N)ccc3OC)c12. The number of nitrogens with zero attached hydrogens (tertiary/aromatic N) is 4. The van der Waals surface area contributed by atoms with Crippen molar-refractivity contribution in [1.82, 2.24) is 19.9 Å². The first kappa shape index (κ1) is 25.2. The summed E-state index contributed by atoms with van der Waals surface area (Å²) in [7, 11) is 1.67. The Balaban J connectivity index is 1.86. The van der Waals surface area contributed by atoms with Gasteiger partial charge in [0.2, 0.25) is 5.95 Å². The molecule has 0 spiro atoms. The van der Waals surface area contributed by atoms with Crippen LogP contribution in [0.25, 0.3) is 21.9 Å². The van der Waals surface area contributed by atoms with Gasteiger partial charge >= 0.3 is 0 Å². The van der Waals surface area contributed by atoms with Crippen LogP contribution in [0.2, 0.25) is 0 Å². The van der Waals surface area contributed by atoms with Crippen LogP contribution in [0.1, 0.15) is 37.3 Å². The molecule has 0 aliphatic rings. The lowest BCUT2D eigenvalue weighted by atomic mass is 10.1. The van der Waals surface area contributed by atoms with E-state index < -0.39 is 0 Å². The lowest BCUT2D eigenvalue weighted by molar-refractivity contribution is 0.276. The molecule has 36 heavy (non-hydrogen) atoms. The number of benzene rings is 2. The van der Waals surface area contributed by atoms with Gasteiger partial charge in [0.05, 0.1) is 31.8 Å². The van der Waals surface area contributed by atoms with Crippen LogP contribution < -0.4 is 21.1 Å². The highest BCUT2D eigenvalue weighted by Crippen LogP contribution is 2.34. The van der Waals surface area contributed by atoms with E-state index in [1.165, 1.54) is 0 Å². The molecule has 9 nitrogen and oxygen atoms in total. The van der Waals surface area contributed by atoms with Crippen molar-refractivity contribution < 1.29 is 9.84 Å². The zero-order chi connectivity index (χ0) is 25.5. The number of anilines is 2. The number of aromatic nitrogens is 3. The number of hydrogen-bond donors (Lipinski definition) is 4. The zero-order valence-electron chi connectivity index (χ0n) is 20.8. The Bertz CT molecular complexity index is 1370. The molecular weight excluding hydrogens is 454 g/mol. The number of nitrogens with one attached hydrogen (secondary N) is 2. The highest BCUT2D eigenvalue weighted by molar-refractivity contribution is 6.09. The van der Waals surface area contributed by atoms with Crippen LogP contribution in [0.3, 0.4) is 0 Å². The van der Waals surface area contributed by atoms with Crippen LogP contribution in [-0.4, -0.2) is 45.9 Å². The van der Waals surface area contributed by atoms with Crippen LogP contribution in [0.5, 0.6) is 5.75 Å². The minimum atomic E-state index is 0.0630. The van der Waals surface area contributed by atoms with Crippen LogP contribution in [0, 0.1) is 11.3 Å². The first-order valence-electron chi connectivity index (χ1n) is 12.2. The maximum Gasteiger partial charge on any atom is 0.222 e. The first-order chi connectivity index (χ1) is 17.6. The summed E-state index contributed by atoms with van der Waals surface area (Å²) in [5, 5.41) is 26.1. The summed E-state index contributed by atoms with van der Waals surface area (Å²) in [6, 6.07) is 16.3. The minimum absolute atomic E-state index is 0.0630. The number of hydrogen-bond acceptors (Lipinski definition) is 8. The number of nitrogen functional groups attached to an aromatic ring is 1. The summed E-state index contributed by atoms with van der Waals surface area (Å²) in [6.07, 6.45) is 2.50. The van der Waals surface area contributed by atoms with E-state index in [1.54, 1.807) is 7.11 Å². The van der Waals surface area contributed by atoms with Crippen LogP contribution in [0.4, 0.5) is 11.8 Å². The monoisotopic (exact) mass is 487 g/mol. The number of ether oxygens (including phenoxy) is 1. The van der Waals surface area contributed by atoms with Crippen molar-refractivity contribution in [2.24, 2.45) is 0 Å². The minimum Gasteiger partial charge on any atom is -0.496 e. The van der Waals surface area contributed by atoms with Crippen molar-refractivity contribution >= 4 is 33.7 Å². The second-order valence-electron chi connectivity index (χ2n) is 8.78. The van der Waals surface area contributed by atoms with Gasteiger partial charge in [0.25, 0.3) is 0 Å². The van der Waals surface area contributed by atoms with Gasteiger partial charge in [-0.05, 0) is 36.6 Å². The normalized spacial score (nSPS) is 12.1. The average Bonchev–Trinajstić information content (AvgIpc) is 3.18. The number of aliphatic hydroxyl groups excluding tert-OH is 1. The fourth-order valence-corrected chi connectivity index (χ4v) is 4.70. The van der Waals surface area contributed by atoms with E-state index in [0.29, 0.717) is 25.3 Å². The Hall–Kier alpha value is -3.87. The molecule has 0 aliphatic carbocycles. The molecule has 0 radical (unpaired) electrons. The molecule has 1 atom stereocenters. The standard InChI is InChI=1S/C27H33N7O2/c1-3-6-20(11-14-35)31-26-25-24(32-27(29)33-26)21-7-4-5-8-22(21)34(25)17-19-15-18(16-30-13-12-28)9-10-23(19)36-2/h4-5,7-10,15,20,30,35H,3,6,11,13-14,16-17H2,1-2H3,(H3,29,31,32,33)/t20-/m0/s1. The summed E-state index contributed by atoms with van der Waals surface area (Å²) in [4.78, 5) is 9.22. The summed E-state index contributed by atoms with van der Waals surface area (Å²) in [6.45, 7) is 3.62. The topological polar surface area (TPSA) is 134 Å². The van der Waals surface area contributed by atoms with Gasteiger partial charge in [-0.3, -0.25) is 0 Å². The number of rotatable bonds is 12. The third-order valence-electron chi connectivity index (χ3n) is 6.28. The number of nitrogens with two attached hydrogens (primary N) is 1. The van der Waals surface area contributed by atoms with Gasteiger partial charge in [0, 0.05) is 30.1 Å². The molecule has 0 bridgehead atoms. The van der Waals surface area contributed by atoms with Gasteiger partial charge in [-0.15, -0.1) is 0 Å². The molecule has 0 saturated carbocycles. The molecule has 4 rings (SSSR count). The predicted octanol–water partition coefficient (Wildman–Crippen LogP) is 3.80. The van der Waals surface area contributed by atoms with Gasteiger partial charge in [0.15, 0.2) is 5.82 Å². The van der Waals surface area contributed by atoms with Crippen LogP contribution in [-0.2, 0) is 13.1 Å². The van der Waals surface area contributed by atoms with Crippen molar-refractivity contribution in [2.75, 3.05) is 31.3 Å². The average molecular weight is 488 g/mol. The molecule has 2 aromatic heterocycles. The fraction of sp³-hybridized carbons (Fsp3) is 0.370. The molecular formula is C27H33N7O2. The third kappa shape index (κ3) is 5.35. The molecule has 188 valence electrons. The molecule has 9 heteroatoms. The van der Waals surface area contributed by atoms with Crippen molar-refractivity contribution in [1.29, 1.82) is 5.26 Å². The zero-order valence-corrected chi connectivity index (χ0v) is 20.8. The molecule has 5 N–H and O–H groups in total. The van der Waals surface area contributed by atoms with E-state index in [1.807, 2.05) is 30.3 Å². The molecule has 0 fully saturated rings. The van der Waals surface area contributed by atoms with E-state index in [4.69, 9.17) is 15.7 Å². The molecule has 2 heterocycles. The second-order valence-corrected chi connectivity index (χ2v) is 8.78. The summed E-state index contributed by atoms with van der Waals surface area (Å²) < 4.78 is 7.89. The number of fused-ring (bicyclic) bond motifs is 3. The summed E-state index contributed by atoms with van der Waals surface area (Å²) in [5.74, 6) is 1.64. The Labute approximate surface area is 210 Å². The van der Waals surface area contributed by atoms with Crippen LogP contribution in [0.15, 0.2) is 42.5 Å². The lowest BCUT2D eigenvalue weighted by Crippen LogP contribution is -2.22. The number of nitriles is 1. The van der Waals surface area contributed by atoms with Gasteiger partial charge in [0.1, 0.15) is 16.8 Å². The Morgan fingerprint density at radius 1 is 1.19 bits per heavy atom. The van der Waals surface area contributed by atoms with Gasteiger partial charge < -0.3 is 30.8 Å². The Kier molecular flexibility index (Phi) is 8.21. The van der Waals surface area contributed by atoms with E-state index in [2.05, 4.69) is 50.3 Å². The fourth-order valence-electron chi connectivity index (χ4n) is 4.70. The van der Waals surface area contributed by atoms with Gasteiger partial charge in [-0.25, -0.2) is 4.98 Å². The second kappa shape index (κ2) is 11.7. The smallest absolute Gasteiger partial charge is 0.222 e. The number of para-hydroxylation sites is 1. The largest absolute Gasteiger partial charge is 0.496 e.